The van der Waals surface area contributed by atoms with Crippen LogP contribution in [0, 0.1) is 11.3 Å². The Morgan fingerprint density at radius 3 is 1.74 bits per heavy atom. The van der Waals surface area contributed by atoms with Crippen molar-refractivity contribution in [2.75, 3.05) is 6.54 Å². The van der Waals surface area contributed by atoms with Gasteiger partial charge in [-0.2, -0.15) is 0 Å². The number of rotatable bonds is 3. The summed E-state index contributed by atoms with van der Waals surface area (Å²) >= 11 is 0. The Hall–Kier alpha value is -0.200. The molecule has 138 valence electrons. The molecule has 5 heteroatoms. The van der Waals surface area contributed by atoms with Gasteiger partial charge in [0.25, 0.3) is 0 Å². The molecule has 0 unspecified atom stereocenters. The van der Waals surface area contributed by atoms with Crippen molar-refractivity contribution in [1.29, 1.82) is 0 Å². The molecule has 1 heterocycles. The van der Waals surface area contributed by atoms with Crippen LogP contribution in [0.3, 0.4) is 0 Å². The molecule has 1 aliphatic heterocycles. The summed E-state index contributed by atoms with van der Waals surface area (Å²) in [6, 6.07) is 0. The quantitative estimate of drug-likeness (QED) is 0.597. The van der Waals surface area contributed by atoms with Gasteiger partial charge in [0.05, 0.1) is 5.54 Å². The Labute approximate surface area is 141 Å². The van der Waals surface area contributed by atoms with Gasteiger partial charge in [0, 0.05) is 24.3 Å². The van der Waals surface area contributed by atoms with Gasteiger partial charge in [0.1, 0.15) is 0 Å². The van der Waals surface area contributed by atoms with Crippen molar-refractivity contribution in [3.05, 3.63) is 0 Å². The largest absolute Gasteiger partial charge is 0.364 e. The van der Waals surface area contributed by atoms with Crippen LogP contribution >= 0.6 is 0 Å². The highest BCUT2D eigenvalue weighted by molar-refractivity contribution is 5.23. The molecule has 5 nitrogen and oxygen atoms in total. The Kier molecular flexibility index (Phi) is 6.31. The number of hydrogen-bond donors (Lipinski definition) is 4. The molecule has 1 atom stereocenters. The van der Waals surface area contributed by atoms with Gasteiger partial charge in [0.2, 0.25) is 5.91 Å². The first kappa shape index (κ1) is 20.8. The van der Waals surface area contributed by atoms with Crippen LogP contribution in [0.25, 0.3) is 0 Å². The summed E-state index contributed by atoms with van der Waals surface area (Å²) in [6.45, 7) is 11.4. The molecule has 0 bridgehead atoms. The molecular weight excluding hydrogens is 294 g/mol. The van der Waals surface area contributed by atoms with E-state index in [9.17, 15) is 20.4 Å². The van der Waals surface area contributed by atoms with Crippen molar-refractivity contribution in [3.8, 4) is 0 Å². The highest BCUT2D eigenvalue weighted by Crippen LogP contribution is 2.69. The third-order valence-electron chi connectivity index (χ3n) is 5.63. The minimum atomic E-state index is -1.95. The number of likely N-dealkylation sites (N-methyl/N-ethyl adjacent to an activating group) is 1. The fourth-order valence-electron chi connectivity index (χ4n) is 3.90. The second-order valence-corrected chi connectivity index (χ2v) is 7.49. The van der Waals surface area contributed by atoms with Gasteiger partial charge < -0.3 is 20.4 Å². The zero-order chi connectivity index (χ0) is 18.1. The Bertz CT molecular complexity index is 386. The summed E-state index contributed by atoms with van der Waals surface area (Å²) in [5, 5.41) is 41.4. The van der Waals surface area contributed by atoms with Crippen molar-refractivity contribution in [2.24, 2.45) is 11.3 Å². The first-order valence-corrected chi connectivity index (χ1v) is 9.22. The predicted octanol–water partition coefficient (Wildman–Crippen LogP) is 2.42. The summed E-state index contributed by atoms with van der Waals surface area (Å²) in [4.78, 5) is 1.44. The molecule has 0 amide bonds. The van der Waals surface area contributed by atoms with Gasteiger partial charge in [-0.1, -0.05) is 53.9 Å². The average Bonchev–Trinajstić information content (AvgIpc) is 3.34. The molecule has 3 fully saturated rings. The summed E-state index contributed by atoms with van der Waals surface area (Å²) in [5.74, 6) is -4.29. The van der Waals surface area contributed by atoms with Crippen LogP contribution in [0.4, 0.5) is 0 Å². The summed E-state index contributed by atoms with van der Waals surface area (Å²) < 4.78 is 0. The molecule has 0 radical (unpaired) electrons. The third-order valence-corrected chi connectivity index (χ3v) is 5.63. The molecule has 1 spiro atoms. The van der Waals surface area contributed by atoms with Crippen molar-refractivity contribution in [2.45, 2.75) is 97.3 Å². The fraction of sp³-hybridized carbons (Fsp3) is 1.00. The van der Waals surface area contributed by atoms with E-state index in [0.717, 1.165) is 12.8 Å². The topological polar surface area (TPSA) is 84.2 Å². The van der Waals surface area contributed by atoms with Crippen LogP contribution in [-0.4, -0.2) is 49.1 Å². The molecule has 0 aromatic heterocycles. The van der Waals surface area contributed by atoms with Crippen LogP contribution in [-0.2, 0) is 0 Å². The van der Waals surface area contributed by atoms with E-state index in [1.165, 1.54) is 24.2 Å². The predicted molar refractivity (Wildman–Crippen MR) is 91.4 cm³/mol. The van der Waals surface area contributed by atoms with Crippen molar-refractivity contribution in [1.82, 2.24) is 4.90 Å². The minimum Gasteiger partial charge on any atom is -0.364 e. The molecule has 4 N–H and O–H groups in total. The fourth-order valence-corrected chi connectivity index (χ4v) is 3.90. The molecular formula is C18H37NO4. The lowest BCUT2D eigenvalue weighted by molar-refractivity contribution is -0.323. The van der Waals surface area contributed by atoms with Gasteiger partial charge in [-0.05, 0) is 19.8 Å². The minimum absolute atomic E-state index is 0.180. The van der Waals surface area contributed by atoms with Crippen LogP contribution in [0.5, 0.6) is 0 Å². The number of hydrogen-bond acceptors (Lipinski definition) is 5. The molecule has 0 aromatic rings. The Morgan fingerprint density at radius 1 is 1.04 bits per heavy atom. The Morgan fingerprint density at radius 2 is 1.48 bits per heavy atom. The number of likely N-dealkylation sites (tertiary alicyclic amines) is 1. The van der Waals surface area contributed by atoms with Gasteiger partial charge in [-0.3, -0.25) is 0 Å². The standard InChI is InChI=1S/C13H25NO4.C3H6.C2H6/c1-5-14-10(4,13(17,18)9(2)3)11(6-7-11)8-12(14,15)16;1-2-3-1;1-2/h9,15-18H,5-8H2,1-4H3;1-3H2;1-2H3/t10-;;/m1../s1. The smallest absolute Gasteiger partial charge is 0.226 e. The van der Waals surface area contributed by atoms with Gasteiger partial charge >= 0.3 is 0 Å². The number of nitrogens with zero attached hydrogens (tertiary/aromatic N) is 1. The third kappa shape index (κ3) is 3.45. The summed E-state index contributed by atoms with van der Waals surface area (Å²) in [5.41, 5.74) is -1.44. The van der Waals surface area contributed by atoms with E-state index < -0.39 is 22.7 Å². The lowest BCUT2D eigenvalue weighted by Gasteiger charge is -2.51. The van der Waals surface area contributed by atoms with Crippen LogP contribution in [0.1, 0.15) is 80.1 Å². The first-order chi connectivity index (χ1) is 10.6. The maximum absolute atomic E-state index is 10.6. The maximum Gasteiger partial charge on any atom is 0.226 e. The monoisotopic (exact) mass is 331 g/mol. The summed E-state index contributed by atoms with van der Waals surface area (Å²) in [6.07, 6.45) is 6.29. The zero-order valence-electron chi connectivity index (χ0n) is 15.8. The SMILES string of the molecule is C1CC1.CC.CCN1C(O)(O)CC2(CC2)[C@]1(C)C(O)(O)C(C)C. The lowest BCUT2D eigenvalue weighted by atomic mass is 9.72. The van der Waals surface area contributed by atoms with Gasteiger partial charge in [-0.15, -0.1) is 0 Å². The second-order valence-electron chi connectivity index (χ2n) is 7.49. The lowest BCUT2D eigenvalue weighted by Crippen LogP contribution is -2.68. The number of aliphatic hydroxyl groups is 4. The van der Waals surface area contributed by atoms with E-state index in [4.69, 9.17) is 0 Å². The summed E-state index contributed by atoms with van der Waals surface area (Å²) in [7, 11) is 0. The zero-order valence-corrected chi connectivity index (χ0v) is 15.8. The molecule has 2 saturated carbocycles. The van der Waals surface area contributed by atoms with Gasteiger partial charge in [0.15, 0.2) is 5.79 Å². The Balaban J connectivity index is 0.000000460. The molecule has 0 aromatic carbocycles. The van der Waals surface area contributed by atoms with E-state index >= 15 is 0 Å². The van der Waals surface area contributed by atoms with E-state index in [-0.39, 0.29) is 12.3 Å². The molecule has 2 aliphatic carbocycles. The molecule has 23 heavy (non-hydrogen) atoms. The van der Waals surface area contributed by atoms with E-state index in [1.54, 1.807) is 27.7 Å². The molecule has 3 rings (SSSR count). The van der Waals surface area contributed by atoms with Crippen LogP contribution in [0.15, 0.2) is 0 Å². The first-order valence-electron chi connectivity index (χ1n) is 9.22. The van der Waals surface area contributed by atoms with E-state index in [2.05, 4.69) is 0 Å². The van der Waals surface area contributed by atoms with E-state index in [0.29, 0.717) is 6.54 Å². The highest BCUT2D eigenvalue weighted by Gasteiger charge is 2.76. The maximum atomic E-state index is 10.6. The van der Waals surface area contributed by atoms with Crippen LogP contribution in [0.2, 0.25) is 0 Å². The van der Waals surface area contributed by atoms with Crippen LogP contribution < -0.4 is 0 Å². The second kappa shape index (κ2) is 6.96. The highest BCUT2D eigenvalue weighted by atomic mass is 16.5. The van der Waals surface area contributed by atoms with E-state index in [1.807, 2.05) is 13.8 Å². The normalized spacial score (nSPS) is 30.4. The van der Waals surface area contributed by atoms with Crippen molar-refractivity contribution >= 4 is 0 Å². The van der Waals surface area contributed by atoms with Gasteiger partial charge in [-0.25, -0.2) is 4.90 Å². The van der Waals surface area contributed by atoms with Crippen molar-refractivity contribution in [3.63, 3.8) is 0 Å². The van der Waals surface area contributed by atoms with Crippen molar-refractivity contribution < 1.29 is 20.4 Å². The molecule has 1 saturated heterocycles. The average molecular weight is 331 g/mol. The molecule has 3 aliphatic rings.